The fourth-order valence-electron chi connectivity index (χ4n) is 1.05. The van der Waals surface area contributed by atoms with Crippen molar-refractivity contribution in [1.29, 1.82) is 0 Å². The van der Waals surface area contributed by atoms with Gasteiger partial charge in [-0.05, 0) is 15.9 Å². The Bertz CT molecular complexity index is 400. The first kappa shape index (κ1) is 11.9. The number of hydrogen-bond donors (Lipinski definition) is 1. The maximum atomic E-state index is 12.4. The zero-order valence-corrected chi connectivity index (χ0v) is 8.74. The summed E-state index contributed by atoms with van der Waals surface area (Å²) < 4.78 is 24.8. The number of aliphatic hydroxyl groups excluding tert-OH is 1. The molecule has 5 nitrogen and oxygen atoms in total. The predicted molar refractivity (Wildman–Crippen MR) is 49.5 cm³/mol. The van der Waals surface area contributed by atoms with Crippen LogP contribution >= 0.6 is 15.9 Å². The third kappa shape index (κ3) is 2.45. The number of alkyl halides is 2. The number of aliphatic hydroxyl groups is 1. The molecule has 0 saturated carbocycles. The van der Waals surface area contributed by atoms with Crippen LogP contribution in [0.2, 0.25) is 0 Å². The normalized spacial score (nSPS) is 10.7. The highest BCUT2D eigenvalue weighted by Crippen LogP contribution is 2.30. The number of nitro groups is 1. The van der Waals surface area contributed by atoms with E-state index < -0.39 is 34.9 Å². The quantitative estimate of drug-likeness (QED) is 0.524. The van der Waals surface area contributed by atoms with Gasteiger partial charge in [0.2, 0.25) is 0 Å². The second-order valence-electron chi connectivity index (χ2n) is 2.54. The van der Waals surface area contributed by atoms with E-state index in [2.05, 4.69) is 20.9 Å². The molecule has 0 spiro atoms. The van der Waals surface area contributed by atoms with E-state index in [9.17, 15) is 18.9 Å². The average Bonchev–Trinajstić information content (AvgIpc) is 2.16. The molecular weight excluding hydrogens is 278 g/mol. The molecule has 8 heteroatoms. The van der Waals surface area contributed by atoms with E-state index in [-0.39, 0.29) is 4.60 Å². The average molecular weight is 283 g/mol. The molecule has 0 radical (unpaired) electrons. The van der Waals surface area contributed by atoms with Crippen LogP contribution in [-0.2, 0) is 6.61 Å². The Morgan fingerprint density at radius 3 is 2.67 bits per heavy atom. The van der Waals surface area contributed by atoms with E-state index in [0.717, 1.165) is 6.07 Å². The molecule has 0 aromatic carbocycles. The summed E-state index contributed by atoms with van der Waals surface area (Å²) in [6.07, 6.45) is -2.97. The summed E-state index contributed by atoms with van der Waals surface area (Å²) in [4.78, 5) is 13.1. The van der Waals surface area contributed by atoms with Crippen molar-refractivity contribution in [2.75, 3.05) is 0 Å². The second-order valence-corrected chi connectivity index (χ2v) is 3.36. The van der Waals surface area contributed by atoms with Crippen LogP contribution in [-0.4, -0.2) is 15.0 Å². The molecule has 1 heterocycles. The highest BCUT2D eigenvalue weighted by molar-refractivity contribution is 9.10. The van der Waals surface area contributed by atoms with E-state index in [1.54, 1.807) is 0 Å². The highest BCUT2D eigenvalue weighted by atomic mass is 79.9. The zero-order valence-electron chi connectivity index (χ0n) is 7.15. The number of halogens is 3. The maximum absolute atomic E-state index is 12.4. The summed E-state index contributed by atoms with van der Waals surface area (Å²) >= 11 is 2.78. The summed E-state index contributed by atoms with van der Waals surface area (Å²) in [5.41, 5.74) is -1.81. The Kier molecular flexibility index (Phi) is 3.64. The molecule has 0 saturated heterocycles. The third-order valence-electron chi connectivity index (χ3n) is 1.66. The van der Waals surface area contributed by atoms with Crippen molar-refractivity contribution in [3.05, 3.63) is 32.0 Å². The largest absolute Gasteiger partial charge is 0.391 e. The van der Waals surface area contributed by atoms with Gasteiger partial charge in [-0.2, -0.15) is 0 Å². The monoisotopic (exact) mass is 282 g/mol. The van der Waals surface area contributed by atoms with Crippen molar-refractivity contribution in [3.63, 3.8) is 0 Å². The minimum absolute atomic E-state index is 0.0679. The van der Waals surface area contributed by atoms with Crippen molar-refractivity contribution in [3.8, 4) is 0 Å². The van der Waals surface area contributed by atoms with Crippen LogP contribution in [0, 0.1) is 10.1 Å². The highest BCUT2D eigenvalue weighted by Gasteiger charge is 2.24. The summed E-state index contributed by atoms with van der Waals surface area (Å²) in [5, 5.41) is 19.3. The Balaban J connectivity index is 3.45. The van der Waals surface area contributed by atoms with Crippen LogP contribution in [0.5, 0.6) is 0 Å². The fourth-order valence-corrected chi connectivity index (χ4v) is 1.46. The van der Waals surface area contributed by atoms with Gasteiger partial charge in [-0.25, -0.2) is 13.8 Å². The molecule has 0 atom stereocenters. The lowest BCUT2D eigenvalue weighted by Gasteiger charge is -2.06. The minimum atomic E-state index is -2.97. The van der Waals surface area contributed by atoms with Crippen molar-refractivity contribution in [1.82, 2.24) is 4.98 Å². The fraction of sp³-hybridized carbons (Fsp3) is 0.286. The zero-order chi connectivity index (χ0) is 11.6. The van der Waals surface area contributed by atoms with Crippen molar-refractivity contribution in [2.24, 2.45) is 0 Å². The molecule has 0 aliphatic heterocycles. The van der Waals surface area contributed by atoms with Gasteiger partial charge in [-0.3, -0.25) is 10.1 Å². The number of pyridine rings is 1. The van der Waals surface area contributed by atoms with Gasteiger partial charge in [-0.15, -0.1) is 0 Å². The van der Waals surface area contributed by atoms with E-state index in [4.69, 9.17) is 5.11 Å². The van der Waals surface area contributed by atoms with E-state index in [1.165, 1.54) is 0 Å². The Morgan fingerprint density at radius 2 is 2.27 bits per heavy atom. The van der Waals surface area contributed by atoms with Crippen LogP contribution in [0.15, 0.2) is 10.7 Å². The molecule has 1 rings (SSSR count). The SMILES string of the molecule is O=[N+]([O-])c1cc(Br)nc(C(F)F)c1CO. The molecule has 0 unspecified atom stereocenters. The Hall–Kier alpha value is -1.15. The first-order valence-corrected chi connectivity index (χ1v) is 4.49. The van der Waals surface area contributed by atoms with Crippen molar-refractivity contribution in [2.45, 2.75) is 13.0 Å². The lowest BCUT2D eigenvalue weighted by molar-refractivity contribution is -0.386. The third-order valence-corrected chi connectivity index (χ3v) is 2.07. The number of rotatable bonds is 3. The van der Waals surface area contributed by atoms with Crippen molar-refractivity contribution < 1.29 is 18.8 Å². The van der Waals surface area contributed by atoms with Gasteiger partial charge in [0.25, 0.3) is 12.1 Å². The van der Waals surface area contributed by atoms with Gasteiger partial charge < -0.3 is 5.11 Å². The van der Waals surface area contributed by atoms with Crippen LogP contribution in [0.25, 0.3) is 0 Å². The summed E-state index contributed by atoms with van der Waals surface area (Å²) in [7, 11) is 0. The molecule has 1 N–H and O–H groups in total. The molecule has 0 aliphatic rings. The molecule has 0 fully saturated rings. The number of nitrogens with zero attached hydrogens (tertiary/aromatic N) is 2. The van der Waals surface area contributed by atoms with Gasteiger partial charge in [-0.1, -0.05) is 0 Å². The van der Waals surface area contributed by atoms with Gasteiger partial charge in [0.15, 0.2) is 0 Å². The minimum Gasteiger partial charge on any atom is -0.391 e. The molecule has 1 aromatic heterocycles. The van der Waals surface area contributed by atoms with Crippen LogP contribution in [0.4, 0.5) is 14.5 Å². The summed E-state index contributed by atoms with van der Waals surface area (Å²) in [6.45, 7) is -0.851. The van der Waals surface area contributed by atoms with Crippen LogP contribution in [0.1, 0.15) is 17.7 Å². The van der Waals surface area contributed by atoms with Gasteiger partial charge in [0.1, 0.15) is 10.3 Å². The Morgan fingerprint density at radius 1 is 1.67 bits per heavy atom. The first-order valence-electron chi connectivity index (χ1n) is 3.70. The summed E-state index contributed by atoms with van der Waals surface area (Å²) in [6, 6.07) is 0.970. The number of aromatic nitrogens is 1. The topological polar surface area (TPSA) is 76.3 Å². The maximum Gasteiger partial charge on any atom is 0.281 e. The summed E-state index contributed by atoms with van der Waals surface area (Å²) in [5.74, 6) is 0. The van der Waals surface area contributed by atoms with E-state index in [1.807, 2.05) is 0 Å². The predicted octanol–water partition coefficient (Wildman–Crippen LogP) is 2.18. The molecule has 15 heavy (non-hydrogen) atoms. The van der Waals surface area contributed by atoms with Crippen molar-refractivity contribution >= 4 is 21.6 Å². The molecule has 82 valence electrons. The van der Waals surface area contributed by atoms with Crippen LogP contribution in [0.3, 0.4) is 0 Å². The van der Waals surface area contributed by atoms with E-state index in [0.29, 0.717) is 0 Å². The van der Waals surface area contributed by atoms with E-state index >= 15 is 0 Å². The lowest BCUT2D eigenvalue weighted by Crippen LogP contribution is -2.04. The molecular formula is C7H5BrF2N2O3. The standard InChI is InChI=1S/C7H5BrF2N2O3/c8-5-1-4(12(14)15)3(2-13)6(11-5)7(9)10/h1,7,13H,2H2. The second kappa shape index (κ2) is 4.58. The molecule has 0 aliphatic carbocycles. The van der Waals surface area contributed by atoms with Gasteiger partial charge in [0, 0.05) is 6.07 Å². The van der Waals surface area contributed by atoms with Crippen LogP contribution < -0.4 is 0 Å². The lowest BCUT2D eigenvalue weighted by atomic mass is 10.1. The van der Waals surface area contributed by atoms with Gasteiger partial charge in [0.05, 0.1) is 17.1 Å². The Labute approximate surface area is 91.0 Å². The van der Waals surface area contributed by atoms with Gasteiger partial charge >= 0.3 is 0 Å². The molecule has 0 amide bonds. The first-order chi connectivity index (χ1) is 6.97. The number of hydrogen-bond acceptors (Lipinski definition) is 4. The smallest absolute Gasteiger partial charge is 0.281 e. The molecule has 0 bridgehead atoms. The molecule has 1 aromatic rings.